The minimum Gasteiger partial charge on any atom is -0.490 e. The molecule has 2 aliphatic heterocycles. The zero-order valence-electron chi connectivity index (χ0n) is 17.3. The second-order valence-corrected chi connectivity index (χ2v) is 9.05. The Kier molecular flexibility index (Phi) is 5.27. The first-order chi connectivity index (χ1) is 15.5. The highest BCUT2D eigenvalue weighted by molar-refractivity contribution is 7.13. The Morgan fingerprint density at radius 2 is 1.94 bits per heavy atom. The third-order valence-corrected chi connectivity index (χ3v) is 6.83. The van der Waals surface area contributed by atoms with Crippen LogP contribution in [0.1, 0.15) is 24.6 Å². The molecule has 0 saturated carbocycles. The van der Waals surface area contributed by atoms with E-state index >= 15 is 0 Å². The van der Waals surface area contributed by atoms with Crippen molar-refractivity contribution in [2.45, 2.75) is 25.4 Å². The first-order valence-corrected chi connectivity index (χ1v) is 11.4. The third-order valence-electron chi connectivity index (χ3n) is 5.58. The topological polar surface area (TPSA) is 80.8 Å². The van der Waals surface area contributed by atoms with Gasteiger partial charge in [-0.2, -0.15) is 0 Å². The van der Waals surface area contributed by atoms with E-state index in [1.807, 2.05) is 23.6 Å². The maximum atomic E-state index is 13.3. The summed E-state index contributed by atoms with van der Waals surface area (Å²) in [6.07, 6.45) is 0.786. The summed E-state index contributed by atoms with van der Waals surface area (Å²) in [6.45, 7) is 2.89. The number of aromatic nitrogens is 1. The summed E-state index contributed by atoms with van der Waals surface area (Å²) in [5.74, 6) is 0.868. The van der Waals surface area contributed by atoms with Crippen LogP contribution in [0.4, 0.5) is 4.79 Å². The number of nitrogens with one attached hydrogen (secondary N) is 1. The van der Waals surface area contributed by atoms with Crippen molar-refractivity contribution in [2.24, 2.45) is 0 Å². The van der Waals surface area contributed by atoms with Crippen molar-refractivity contribution in [2.75, 3.05) is 13.2 Å². The number of halogens is 1. The Labute approximate surface area is 193 Å². The minimum atomic E-state index is -1.20. The molecule has 5 rings (SSSR count). The van der Waals surface area contributed by atoms with Gasteiger partial charge in [0.1, 0.15) is 10.5 Å². The lowest BCUT2D eigenvalue weighted by Crippen LogP contribution is -2.40. The minimum absolute atomic E-state index is 0.0752. The SMILES string of the molecule is CC1(c2ccc3c(c2)OCCCO3)NC(=O)N(Cc2csc(-c3ccccc3Cl)n2)C1=O. The molecule has 0 bridgehead atoms. The van der Waals surface area contributed by atoms with Gasteiger partial charge in [0.15, 0.2) is 11.5 Å². The molecular formula is C23H20ClN3O4S. The molecule has 1 unspecified atom stereocenters. The second kappa shape index (κ2) is 8.11. The molecule has 1 aromatic heterocycles. The van der Waals surface area contributed by atoms with E-state index in [0.717, 1.165) is 17.0 Å². The normalized spacial score (nSPS) is 20.2. The highest BCUT2D eigenvalue weighted by Gasteiger charge is 2.49. The van der Waals surface area contributed by atoms with Gasteiger partial charge < -0.3 is 14.8 Å². The molecule has 0 spiro atoms. The Hall–Kier alpha value is -3.10. The summed E-state index contributed by atoms with van der Waals surface area (Å²) in [5, 5.41) is 6.01. The number of hydrogen-bond donors (Lipinski definition) is 1. The van der Waals surface area contributed by atoms with Gasteiger partial charge in [0, 0.05) is 17.4 Å². The molecule has 2 aromatic carbocycles. The number of rotatable bonds is 4. The van der Waals surface area contributed by atoms with Gasteiger partial charge in [-0.15, -0.1) is 11.3 Å². The quantitative estimate of drug-likeness (QED) is 0.565. The summed E-state index contributed by atoms with van der Waals surface area (Å²) >= 11 is 7.69. The maximum Gasteiger partial charge on any atom is 0.325 e. The van der Waals surface area contributed by atoms with Crippen LogP contribution in [0.25, 0.3) is 10.6 Å². The van der Waals surface area contributed by atoms with Gasteiger partial charge in [0.25, 0.3) is 5.91 Å². The maximum absolute atomic E-state index is 13.3. The van der Waals surface area contributed by atoms with Crippen LogP contribution in [-0.4, -0.2) is 35.0 Å². The fourth-order valence-corrected chi connectivity index (χ4v) is 4.94. The number of imide groups is 1. The van der Waals surface area contributed by atoms with Crippen LogP contribution in [0, 0.1) is 0 Å². The van der Waals surface area contributed by atoms with Crippen LogP contribution in [0.3, 0.4) is 0 Å². The van der Waals surface area contributed by atoms with E-state index in [0.29, 0.717) is 41.0 Å². The number of hydrogen-bond acceptors (Lipinski definition) is 6. The molecule has 3 heterocycles. The first-order valence-electron chi connectivity index (χ1n) is 10.2. The zero-order valence-corrected chi connectivity index (χ0v) is 18.8. The standard InChI is InChI=1S/C23H20ClN3O4S/c1-23(14-7-8-18-19(11-14)31-10-4-9-30-18)21(28)27(22(29)26-23)12-15-13-32-20(25-15)16-5-2-3-6-17(16)24/h2-3,5-8,11,13H,4,9-10,12H2,1H3,(H,26,29). The van der Waals surface area contributed by atoms with Crippen LogP contribution in [0.15, 0.2) is 47.8 Å². The van der Waals surface area contributed by atoms with Crippen LogP contribution in [-0.2, 0) is 16.9 Å². The van der Waals surface area contributed by atoms with Gasteiger partial charge in [-0.1, -0.05) is 35.9 Å². The molecule has 2 aliphatic rings. The Bertz CT molecular complexity index is 1210. The number of ether oxygens (including phenoxy) is 2. The molecule has 0 aliphatic carbocycles. The molecule has 1 N–H and O–H groups in total. The largest absolute Gasteiger partial charge is 0.490 e. The van der Waals surface area contributed by atoms with Crippen molar-refractivity contribution in [3.63, 3.8) is 0 Å². The predicted octanol–water partition coefficient (Wildman–Crippen LogP) is 4.59. The second-order valence-electron chi connectivity index (χ2n) is 7.78. The highest BCUT2D eigenvalue weighted by atomic mass is 35.5. The number of urea groups is 1. The van der Waals surface area contributed by atoms with E-state index < -0.39 is 11.6 Å². The monoisotopic (exact) mass is 469 g/mol. The van der Waals surface area contributed by atoms with Crippen molar-refractivity contribution in [1.29, 1.82) is 0 Å². The van der Waals surface area contributed by atoms with Crippen molar-refractivity contribution < 1.29 is 19.1 Å². The van der Waals surface area contributed by atoms with E-state index in [1.54, 1.807) is 31.2 Å². The van der Waals surface area contributed by atoms with Crippen LogP contribution < -0.4 is 14.8 Å². The summed E-state index contributed by atoms with van der Waals surface area (Å²) in [6, 6.07) is 12.3. The van der Waals surface area contributed by atoms with E-state index in [9.17, 15) is 9.59 Å². The number of nitrogens with zero attached hydrogens (tertiary/aromatic N) is 2. The lowest BCUT2D eigenvalue weighted by Gasteiger charge is -2.23. The average molecular weight is 470 g/mol. The molecule has 3 aromatic rings. The molecule has 1 saturated heterocycles. The molecule has 32 heavy (non-hydrogen) atoms. The number of carbonyl (C=O) groups excluding carboxylic acids is 2. The van der Waals surface area contributed by atoms with E-state index in [2.05, 4.69) is 10.3 Å². The molecule has 0 radical (unpaired) electrons. The molecule has 164 valence electrons. The van der Waals surface area contributed by atoms with E-state index in [1.165, 1.54) is 16.2 Å². The lowest BCUT2D eigenvalue weighted by atomic mass is 9.91. The molecule has 3 amide bonds. The number of thiazole rings is 1. The smallest absolute Gasteiger partial charge is 0.325 e. The van der Waals surface area contributed by atoms with Gasteiger partial charge in [0.2, 0.25) is 0 Å². The van der Waals surface area contributed by atoms with E-state index in [4.69, 9.17) is 21.1 Å². The first kappa shape index (κ1) is 20.8. The number of benzene rings is 2. The highest BCUT2D eigenvalue weighted by Crippen LogP contribution is 2.37. The number of carbonyl (C=O) groups is 2. The molecule has 7 nitrogen and oxygen atoms in total. The van der Waals surface area contributed by atoms with Gasteiger partial charge in [0.05, 0.1) is 30.5 Å². The van der Waals surface area contributed by atoms with Crippen LogP contribution in [0.5, 0.6) is 11.5 Å². The van der Waals surface area contributed by atoms with E-state index in [-0.39, 0.29) is 12.5 Å². The summed E-state index contributed by atoms with van der Waals surface area (Å²) in [7, 11) is 0. The molecule has 1 atom stereocenters. The molecular weight excluding hydrogens is 450 g/mol. The Morgan fingerprint density at radius 1 is 1.16 bits per heavy atom. The fraction of sp³-hybridized carbons (Fsp3) is 0.261. The Balaban J connectivity index is 1.39. The van der Waals surface area contributed by atoms with Crippen LogP contribution >= 0.6 is 22.9 Å². The average Bonchev–Trinajstić information content (AvgIpc) is 3.23. The summed E-state index contributed by atoms with van der Waals surface area (Å²) in [4.78, 5) is 31.9. The van der Waals surface area contributed by atoms with Gasteiger partial charge in [-0.3, -0.25) is 9.69 Å². The van der Waals surface area contributed by atoms with Gasteiger partial charge in [-0.05, 0) is 30.7 Å². The summed E-state index contributed by atoms with van der Waals surface area (Å²) in [5.41, 5.74) is 0.872. The van der Waals surface area contributed by atoms with Crippen molar-refractivity contribution >= 4 is 34.9 Å². The molecule has 1 fully saturated rings. The zero-order chi connectivity index (χ0) is 22.3. The van der Waals surface area contributed by atoms with Crippen molar-refractivity contribution in [1.82, 2.24) is 15.2 Å². The molecule has 9 heteroatoms. The summed E-state index contributed by atoms with van der Waals surface area (Å²) < 4.78 is 11.4. The number of amides is 3. The van der Waals surface area contributed by atoms with Crippen molar-refractivity contribution in [3.8, 4) is 22.1 Å². The van der Waals surface area contributed by atoms with Crippen molar-refractivity contribution in [3.05, 3.63) is 64.1 Å². The lowest BCUT2D eigenvalue weighted by molar-refractivity contribution is -0.131. The van der Waals surface area contributed by atoms with Gasteiger partial charge in [-0.25, -0.2) is 9.78 Å². The van der Waals surface area contributed by atoms with Crippen LogP contribution in [0.2, 0.25) is 5.02 Å². The Morgan fingerprint density at radius 3 is 2.75 bits per heavy atom. The third kappa shape index (κ3) is 3.59. The predicted molar refractivity (Wildman–Crippen MR) is 121 cm³/mol. The fourth-order valence-electron chi connectivity index (χ4n) is 3.81. The number of fused-ring (bicyclic) bond motifs is 1. The van der Waals surface area contributed by atoms with Gasteiger partial charge >= 0.3 is 6.03 Å².